The molecule has 0 aliphatic heterocycles. The number of halogens is 2. The maximum Gasteiger partial charge on any atom is 0.239 e. The summed E-state index contributed by atoms with van der Waals surface area (Å²) in [6.07, 6.45) is 0. The van der Waals surface area contributed by atoms with Crippen LogP contribution in [-0.4, -0.2) is 18.1 Å². The Morgan fingerprint density at radius 1 is 0.852 bits per heavy atom. The number of hydrogen-bond donors (Lipinski definition) is 0. The van der Waals surface area contributed by atoms with Gasteiger partial charge in [0.05, 0.1) is 0 Å². The van der Waals surface area contributed by atoms with Gasteiger partial charge in [-0.2, -0.15) is 0 Å². The van der Waals surface area contributed by atoms with E-state index in [1.807, 2.05) is 24.3 Å². The highest BCUT2D eigenvalue weighted by molar-refractivity contribution is 6.31. The van der Waals surface area contributed by atoms with Gasteiger partial charge in [0.2, 0.25) is 16.7 Å². The molecule has 1 aromatic heterocycles. The zero-order valence-electron chi connectivity index (χ0n) is 15.4. The Balaban J connectivity index is 0.00000210. The van der Waals surface area contributed by atoms with E-state index in [0.717, 1.165) is 40.8 Å². The van der Waals surface area contributed by atoms with E-state index in [-0.39, 0.29) is 12.4 Å². The van der Waals surface area contributed by atoms with E-state index < -0.39 is 0 Å². The summed E-state index contributed by atoms with van der Waals surface area (Å²) in [5.41, 5.74) is 6.29. The first kappa shape index (κ1) is 19.4. The average molecular weight is 398 g/mol. The van der Waals surface area contributed by atoms with Gasteiger partial charge in [-0.15, -0.1) is 4.57 Å². The molecule has 0 saturated heterocycles. The summed E-state index contributed by atoms with van der Waals surface area (Å²) in [7, 11) is 0. The van der Waals surface area contributed by atoms with Gasteiger partial charge in [-0.25, -0.2) is 4.98 Å². The highest BCUT2D eigenvalue weighted by Crippen LogP contribution is 2.24. The van der Waals surface area contributed by atoms with E-state index in [4.69, 9.17) is 16.6 Å². The van der Waals surface area contributed by atoms with Crippen LogP contribution in [0.2, 0.25) is 5.02 Å². The Labute approximate surface area is 170 Å². The second-order valence-corrected chi connectivity index (χ2v) is 6.70. The number of para-hydroxylation sites is 1. The van der Waals surface area contributed by atoms with Crippen LogP contribution in [-0.2, 0) is 0 Å². The topological polar surface area (TPSA) is 20.0 Å². The van der Waals surface area contributed by atoms with Crippen LogP contribution < -0.4 is 21.9 Å². The van der Waals surface area contributed by atoms with Crippen LogP contribution in [0.4, 0.5) is 5.69 Å². The summed E-state index contributed by atoms with van der Waals surface area (Å²) in [5, 5.41) is 0.711. The molecule has 5 heteroatoms. The van der Waals surface area contributed by atoms with Gasteiger partial charge in [-0.3, -0.25) is 0 Å². The number of rotatable bonds is 4. The van der Waals surface area contributed by atoms with E-state index >= 15 is 0 Å². The summed E-state index contributed by atoms with van der Waals surface area (Å²) in [6, 6.07) is 22.7. The van der Waals surface area contributed by atoms with Crippen LogP contribution in [0.3, 0.4) is 0 Å². The van der Waals surface area contributed by atoms with Crippen LogP contribution in [0.25, 0.3) is 27.8 Å². The maximum absolute atomic E-state index is 6.31. The number of hydrogen-bond acceptors (Lipinski definition) is 2. The normalized spacial score (nSPS) is 10.8. The Kier molecular flexibility index (Phi) is 5.83. The molecule has 4 rings (SSSR count). The zero-order chi connectivity index (χ0) is 18.1. The van der Waals surface area contributed by atoms with Crippen LogP contribution in [0.1, 0.15) is 13.8 Å². The first-order valence-corrected chi connectivity index (χ1v) is 9.34. The third-order valence-electron chi connectivity index (χ3n) is 4.76. The lowest BCUT2D eigenvalue weighted by Gasteiger charge is -2.20. The summed E-state index contributed by atoms with van der Waals surface area (Å²) in [4.78, 5) is 7.20. The molecule has 3 nitrogen and oxygen atoms in total. The number of nitrogens with zero attached hydrogens (tertiary/aromatic N) is 3. The Bertz CT molecular complexity index is 1080. The molecular weight excluding hydrogens is 377 g/mol. The molecule has 0 aliphatic rings. The third kappa shape index (κ3) is 3.58. The van der Waals surface area contributed by atoms with Crippen molar-refractivity contribution in [3.63, 3.8) is 0 Å². The number of aromatic nitrogens is 2. The second-order valence-electron chi connectivity index (χ2n) is 6.26. The van der Waals surface area contributed by atoms with Gasteiger partial charge in [0, 0.05) is 48.1 Å². The standard InChI is InChI=1S/C22H21ClN3.ClH/c1-3-25(4-2)18-11-13-20-22(15-18)26(17-8-6-5-7-9-17)21-14-16(23)10-12-19(21)24-20;/h5-15H,3-4H2,1-2H3;1H/q+1;/p-1. The minimum absolute atomic E-state index is 0. The van der Waals surface area contributed by atoms with Crippen LogP contribution in [0.5, 0.6) is 0 Å². The summed E-state index contributed by atoms with van der Waals surface area (Å²) < 4.78 is 2.25. The van der Waals surface area contributed by atoms with E-state index in [0.29, 0.717) is 5.02 Å². The molecule has 0 aliphatic carbocycles. The van der Waals surface area contributed by atoms with Gasteiger partial charge in [-0.1, -0.05) is 29.8 Å². The second kappa shape index (κ2) is 8.12. The first-order valence-electron chi connectivity index (χ1n) is 8.96. The lowest BCUT2D eigenvalue weighted by atomic mass is 10.2. The predicted molar refractivity (Wildman–Crippen MR) is 109 cm³/mol. The SMILES string of the molecule is CCN(CC)c1ccc2nc3ccc(Cl)cc3[n+](-c3ccccc3)c2c1.[Cl-]. The van der Waals surface area contributed by atoms with Gasteiger partial charge in [0.1, 0.15) is 11.0 Å². The highest BCUT2D eigenvalue weighted by atomic mass is 35.5. The largest absolute Gasteiger partial charge is 1.00 e. The molecule has 0 N–H and O–H groups in total. The van der Waals surface area contributed by atoms with Crippen LogP contribution in [0, 0.1) is 0 Å². The molecule has 0 bridgehead atoms. The molecule has 0 fully saturated rings. The smallest absolute Gasteiger partial charge is 0.239 e. The Morgan fingerprint density at radius 2 is 1.48 bits per heavy atom. The van der Waals surface area contributed by atoms with Crippen molar-refractivity contribution in [1.29, 1.82) is 0 Å². The lowest BCUT2D eigenvalue weighted by Crippen LogP contribution is -3.00. The molecule has 4 aromatic rings. The lowest BCUT2D eigenvalue weighted by molar-refractivity contribution is -0.538. The van der Waals surface area contributed by atoms with Crippen molar-refractivity contribution >= 4 is 39.4 Å². The number of fused-ring (bicyclic) bond motifs is 2. The van der Waals surface area contributed by atoms with Crippen molar-refractivity contribution in [2.45, 2.75) is 13.8 Å². The average Bonchev–Trinajstić information content (AvgIpc) is 2.68. The third-order valence-corrected chi connectivity index (χ3v) is 5.00. The molecule has 0 radical (unpaired) electrons. The highest BCUT2D eigenvalue weighted by Gasteiger charge is 2.20. The molecule has 27 heavy (non-hydrogen) atoms. The predicted octanol–water partition coefficient (Wildman–Crippen LogP) is 2.17. The van der Waals surface area contributed by atoms with E-state index in [1.165, 1.54) is 5.69 Å². The van der Waals surface area contributed by atoms with Gasteiger partial charge >= 0.3 is 0 Å². The fraction of sp³-hybridized carbons (Fsp3) is 0.182. The quantitative estimate of drug-likeness (QED) is 0.388. The minimum atomic E-state index is 0. The molecule has 0 amide bonds. The molecule has 0 saturated carbocycles. The van der Waals surface area contributed by atoms with Crippen molar-refractivity contribution in [3.05, 3.63) is 71.8 Å². The summed E-state index contributed by atoms with van der Waals surface area (Å²) in [6.45, 7) is 6.30. The fourth-order valence-electron chi connectivity index (χ4n) is 3.46. The van der Waals surface area contributed by atoms with Crippen molar-refractivity contribution < 1.29 is 17.0 Å². The Hall–Kier alpha value is -2.36. The molecule has 3 aromatic carbocycles. The van der Waals surface area contributed by atoms with Crippen LogP contribution >= 0.6 is 11.6 Å². The van der Waals surface area contributed by atoms with Gasteiger partial charge in [0.15, 0.2) is 0 Å². The van der Waals surface area contributed by atoms with Crippen LogP contribution in [0.15, 0.2) is 66.7 Å². The van der Waals surface area contributed by atoms with E-state index in [2.05, 4.69) is 65.8 Å². The molecule has 0 spiro atoms. The fourth-order valence-corrected chi connectivity index (χ4v) is 3.62. The molecule has 0 atom stereocenters. The maximum atomic E-state index is 6.31. The number of benzene rings is 3. The van der Waals surface area contributed by atoms with Crippen molar-refractivity contribution in [3.8, 4) is 5.69 Å². The molecular formula is C22H21Cl2N3. The van der Waals surface area contributed by atoms with E-state index in [9.17, 15) is 0 Å². The molecule has 0 unspecified atom stereocenters. The summed E-state index contributed by atoms with van der Waals surface area (Å²) >= 11 is 6.31. The Morgan fingerprint density at radius 3 is 2.15 bits per heavy atom. The first-order chi connectivity index (χ1) is 12.7. The van der Waals surface area contributed by atoms with Crippen molar-refractivity contribution in [1.82, 2.24) is 4.98 Å². The summed E-state index contributed by atoms with van der Waals surface area (Å²) in [5.74, 6) is 0. The monoisotopic (exact) mass is 397 g/mol. The van der Waals surface area contributed by atoms with Gasteiger partial charge < -0.3 is 17.3 Å². The number of anilines is 1. The van der Waals surface area contributed by atoms with Gasteiger partial charge in [-0.05, 0) is 38.1 Å². The van der Waals surface area contributed by atoms with E-state index in [1.54, 1.807) is 0 Å². The van der Waals surface area contributed by atoms with Gasteiger partial charge in [0.25, 0.3) is 0 Å². The molecule has 138 valence electrons. The minimum Gasteiger partial charge on any atom is -1.00 e. The van der Waals surface area contributed by atoms with Crippen molar-refractivity contribution in [2.75, 3.05) is 18.0 Å². The van der Waals surface area contributed by atoms with Crippen molar-refractivity contribution in [2.24, 2.45) is 0 Å². The molecule has 1 heterocycles. The zero-order valence-corrected chi connectivity index (χ0v) is 16.9.